The number of rotatable bonds is 2. The molecule has 1 unspecified atom stereocenters. The van der Waals surface area contributed by atoms with Crippen molar-refractivity contribution in [1.82, 2.24) is 0 Å². The zero-order chi connectivity index (χ0) is 12.6. The minimum Gasteiger partial charge on any atom is -0.383 e. The molecule has 0 bridgehead atoms. The van der Waals surface area contributed by atoms with Gasteiger partial charge < -0.3 is 5.11 Å². The number of aliphatic hydroxyl groups is 1. The first-order chi connectivity index (χ1) is 8.00. The Labute approximate surface area is 112 Å². The van der Waals surface area contributed by atoms with Crippen molar-refractivity contribution in [1.29, 1.82) is 0 Å². The van der Waals surface area contributed by atoms with Crippen molar-refractivity contribution in [2.45, 2.75) is 20.0 Å². The molecule has 1 atom stereocenters. The topological polar surface area (TPSA) is 20.2 Å². The monoisotopic (exact) mass is 314 g/mol. The van der Waals surface area contributed by atoms with Gasteiger partial charge in [-0.2, -0.15) is 0 Å². The number of halogens is 2. The highest BCUT2D eigenvalue weighted by atomic mass is 79.9. The van der Waals surface area contributed by atoms with Crippen LogP contribution in [0.15, 0.2) is 28.7 Å². The maximum Gasteiger partial charge on any atom is 0.137 e. The Balaban J connectivity index is 2.47. The number of thiophene rings is 1. The third-order valence-electron chi connectivity index (χ3n) is 2.60. The van der Waals surface area contributed by atoms with Crippen molar-refractivity contribution in [3.05, 3.63) is 55.4 Å². The van der Waals surface area contributed by atoms with Crippen LogP contribution in [0.25, 0.3) is 0 Å². The lowest BCUT2D eigenvalue weighted by atomic mass is 10.1. The average Bonchev–Trinajstić information content (AvgIpc) is 2.61. The van der Waals surface area contributed by atoms with Crippen LogP contribution < -0.4 is 0 Å². The van der Waals surface area contributed by atoms with E-state index in [0.29, 0.717) is 10.0 Å². The van der Waals surface area contributed by atoms with Gasteiger partial charge in [0.1, 0.15) is 11.9 Å². The molecule has 17 heavy (non-hydrogen) atoms. The van der Waals surface area contributed by atoms with Crippen LogP contribution >= 0.6 is 27.3 Å². The van der Waals surface area contributed by atoms with E-state index in [9.17, 15) is 9.50 Å². The minimum absolute atomic E-state index is 0.331. The third kappa shape index (κ3) is 2.44. The highest BCUT2D eigenvalue weighted by Crippen LogP contribution is 2.35. The summed E-state index contributed by atoms with van der Waals surface area (Å²) in [5, 5.41) is 10.3. The molecule has 1 N–H and O–H groups in total. The highest BCUT2D eigenvalue weighted by molar-refractivity contribution is 9.10. The summed E-state index contributed by atoms with van der Waals surface area (Å²) in [5.41, 5.74) is 1.60. The van der Waals surface area contributed by atoms with E-state index in [2.05, 4.69) is 15.9 Å². The number of aryl methyl sites for hydroxylation is 2. The Morgan fingerprint density at radius 1 is 1.35 bits per heavy atom. The molecule has 1 aromatic heterocycles. The highest BCUT2D eigenvalue weighted by Gasteiger charge is 2.19. The predicted molar refractivity (Wildman–Crippen MR) is 72.0 cm³/mol. The van der Waals surface area contributed by atoms with Crippen LogP contribution in [0.5, 0.6) is 0 Å². The molecule has 1 heterocycles. The maximum atomic E-state index is 13.4. The first-order valence-corrected chi connectivity index (χ1v) is 6.80. The normalized spacial score (nSPS) is 12.8. The average molecular weight is 315 g/mol. The predicted octanol–water partition coefficient (Wildman–Crippen LogP) is 4.35. The summed E-state index contributed by atoms with van der Waals surface area (Å²) in [7, 11) is 0. The molecule has 0 aliphatic carbocycles. The van der Waals surface area contributed by atoms with Crippen molar-refractivity contribution < 1.29 is 9.50 Å². The van der Waals surface area contributed by atoms with Crippen LogP contribution in [0.3, 0.4) is 0 Å². The molecule has 1 aromatic carbocycles. The summed E-state index contributed by atoms with van der Waals surface area (Å²) < 4.78 is 13.7. The van der Waals surface area contributed by atoms with Crippen LogP contribution in [-0.2, 0) is 0 Å². The summed E-state index contributed by atoms with van der Waals surface area (Å²) in [5.74, 6) is -0.354. The van der Waals surface area contributed by atoms with Crippen molar-refractivity contribution >= 4 is 27.3 Å². The van der Waals surface area contributed by atoms with Gasteiger partial charge in [0, 0.05) is 15.3 Å². The second kappa shape index (κ2) is 4.88. The molecule has 0 aliphatic rings. The van der Waals surface area contributed by atoms with Gasteiger partial charge in [-0.1, -0.05) is 12.1 Å². The van der Waals surface area contributed by atoms with Gasteiger partial charge in [0.15, 0.2) is 0 Å². The second-order valence-electron chi connectivity index (χ2n) is 3.95. The van der Waals surface area contributed by atoms with Crippen LogP contribution in [0.1, 0.15) is 27.0 Å². The quantitative estimate of drug-likeness (QED) is 0.873. The summed E-state index contributed by atoms with van der Waals surface area (Å²) in [6, 6.07) is 6.73. The summed E-state index contributed by atoms with van der Waals surface area (Å²) in [4.78, 5) is 2.01. The largest absolute Gasteiger partial charge is 0.383 e. The summed E-state index contributed by atoms with van der Waals surface area (Å²) in [6.07, 6.45) is -0.779. The van der Waals surface area contributed by atoms with E-state index in [1.54, 1.807) is 12.1 Å². The number of aliphatic hydroxyl groups excluding tert-OH is 1. The van der Waals surface area contributed by atoms with Gasteiger partial charge in [-0.3, -0.25) is 0 Å². The van der Waals surface area contributed by atoms with E-state index in [1.165, 1.54) is 17.4 Å². The smallest absolute Gasteiger partial charge is 0.137 e. The van der Waals surface area contributed by atoms with Gasteiger partial charge in [-0.25, -0.2) is 4.39 Å². The standard InChI is InChI=1S/C13H12BrFOS/c1-7-6-8(2)17-13(7)12(16)9-4-3-5-10(15)11(9)14/h3-6,12,16H,1-2H3. The molecule has 0 spiro atoms. The Morgan fingerprint density at radius 2 is 2.06 bits per heavy atom. The third-order valence-corrected chi connectivity index (χ3v) is 4.65. The van der Waals surface area contributed by atoms with E-state index < -0.39 is 6.10 Å². The molecule has 0 amide bonds. The molecule has 0 saturated carbocycles. The zero-order valence-electron chi connectivity index (χ0n) is 9.50. The molecular weight excluding hydrogens is 303 g/mol. The van der Waals surface area contributed by atoms with Crippen molar-refractivity contribution in [3.8, 4) is 0 Å². The fourth-order valence-electron chi connectivity index (χ4n) is 1.80. The molecule has 2 aromatic rings. The van der Waals surface area contributed by atoms with Gasteiger partial charge in [0.05, 0.1) is 4.47 Å². The van der Waals surface area contributed by atoms with Crippen LogP contribution in [0, 0.1) is 19.7 Å². The second-order valence-corrected chi connectivity index (χ2v) is 6.03. The Morgan fingerprint density at radius 3 is 2.65 bits per heavy atom. The Hall–Kier alpha value is -0.710. The van der Waals surface area contributed by atoms with Crippen LogP contribution in [0.4, 0.5) is 4.39 Å². The van der Waals surface area contributed by atoms with Gasteiger partial charge in [-0.05, 0) is 47.5 Å². The molecule has 0 saturated heterocycles. The molecule has 4 heteroatoms. The molecule has 2 rings (SSSR count). The van der Waals surface area contributed by atoms with E-state index in [0.717, 1.165) is 15.3 Å². The minimum atomic E-state index is -0.779. The molecule has 90 valence electrons. The molecule has 0 aliphatic heterocycles. The molecule has 0 radical (unpaired) electrons. The van der Waals surface area contributed by atoms with E-state index >= 15 is 0 Å². The molecule has 1 nitrogen and oxygen atoms in total. The Bertz CT molecular complexity index is 550. The lowest BCUT2D eigenvalue weighted by Crippen LogP contribution is -2.01. The van der Waals surface area contributed by atoms with Crippen molar-refractivity contribution in [2.24, 2.45) is 0 Å². The molecular formula is C13H12BrFOS. The number of hydrogen-bond acceptors (Lipinski definition) is 2. The number of benzene rings is 1. The fourth-order valence-corrected chi connectivity index (χ4v) is 3.33. The fraction of sp³-hybridized carbons (Fsp3) is 0.231. The van der Waals surface area contributed by atoms with E-state index in [-0.39, 0.29) is 5.82 Å². The van der Waals surface area contributed by atoms with Gasteiger partial charge in [0.2, 0.25) is 0 Å². The van der Waals surface area contributed by atoms with Crippen LogP contribution in [-0.4, -0.2) is 5.11 Å². The first kappa shape index (κ1) is 12.7. The molecule has 0 fully saturated rings. The maximum absolute atomic E-state index is 13.4. The van der Waals surface area contributed by atoms with Gasteiger partial charge >= 0.3 is 0 Å². The van der Waals surface area contributed by atoms with Crippen molar-refractivity contribution in [2.75, 3.05) is 0 Å². The van der Waals surface area contributed by atoms with E-state index in [1.807, 2.05) is 19.9 Å². The van der Waals surface area contributed by atoms with E-state index in [4.69, 9.17) is 0 Å². The SMILES string of the molecule is Cc1cc(C)c(C(O)c2cccc(F)c2Br)s1. The number of hydrogen-bond donors (Lipinski definition) is 1. The lowest BCUT2D eigenvalue weighted by molar-refractivity contribution is 0.222. The van der Waals surface area contributed by atoms with Gasteiger partial charge in [0.25, 0.3) is 0 Å². The van der Waals surface area contributed by atoms with Crippen LogP contribution in [0.2, 0.25) is 0 Å². The summed E-state index contributed by atoms with van der Waals surface area (Å²) in [6.45, 7) is 3.95. The first-order valence-electron chi connectivity index (χ1n) is 5.19. The zero-order valence-corrected chi connectivity index (χ0v) is 11.9. The lowest BCUT2D eigenvalue weighted by Gasteiger charge is -2.12. The van der Waals surface area contributed by atoms with Crippen molar-refractivity contribution in [3.63, 3.8) is 0 Å². The van der Waals surface area contributed by atoms with Gasteiger partial charge in [-0.15, -0.1) is 11.3 Å². The summed E-state index contributed by atoms with van der Waals surface area (Å²) >= 11 is 4.72. The Kier molecular flexibility index (Phi) is 3.66.